The molecular weight excluding hydrogens is 266 g/mol. The van der Waals surface area contributed by atoms with Gasteiger partial charge >= 0.3 is 0 Å². The monoisotopic (exact) mass is 277 g/mol. The summed E-state index contributed by atoms with van der Waals surface area (Å²) in [6, 6.07) is 8.16. The fourth-order valence-corrected chi connectivity index (χ4v) is 2.15. The average Bonchev–Trinajstić information content (AvgIpc) is 2.34. The Labute approximate surface area is 103 Å². The minimum Gasteiger partial charge on any atom is -0.308 e. The molecule has 0 aliphatic heterocycles. The first-order valence-electron chi connectivity index (χ1n) is 5.00. The minimum atomic E-state index is 0.0595. The Morgan fingerprint density at radius 2 is 2.06 bits per heavy atom. The topological polar surface area (TPSA) is 37.8 Å². The highest BCUT2D eigenvalue weighted by Crippen LogP contribution is 2.26. The van der Waals surface area contributed by atoms with Crippen LogP contribution in [0.4, 0.5) is 0 Å². The van der Waals surface area contributed by atoms with Crippen molar-refractivity contribution in [3.8, 4) is 0 Å². The highest BCUT2D eigenvalue weighted by Gasteiger charge is 2.15. The van der Waals surface area contributed by atoms with Gasteiger partial charge < -0.3 is 5.32 Å². The van der Waals surface area contributed by atoms with Crippen LogP contribution in [0, 0.1) is 0 Å². The second kappa shape index (κ2) is 5.18. The molecule has 82 valence electrons. The lowest BCUT2D eigenvalue weighted by atomic mass is 10.0. The molecule has 0 aliphatic rings. The van der Waals surface area contributed by atoms with Crippen molar-refractivity contribution < 1.29 is 0 Å². The number of nitrogens with one attached hydrogen (secondary N) is 1. The molecule has 1 aromatic carbocycles. The van der Waals surface area contributed by atoms with E-state index < -0.39 is 0 Å². The summed E-state index contributed by atoms with van der Waals surface area (Å²) in [5.41, 5.74) is 2.07. The van der Waals surface area contributed by atoms with E-state index in [1.807, 2.05) is 25.2 Å². The van der Waals surface area contributed by atoms with Gasteiger partial charge in [0.2, 0.25) is 0 Å². The van der Waals surface area contributed by atoms with Crippen molar-refractivity contribution in [1.29, 1.82) is 0 Å². The molecule has 0 spiro atoms. The van der Waals surface area contributed by atoms with E-state index in [0.717, 1.165) is 15.7 Å². The number of aromatic nitrogens is 2. The van der Waals surface area contributed by atoms with Crippen molar-refractivity contribution >= 4 is 15.9 Å². The van der Waals surface area contributed by atoms with Gasteiger partial charge in [-0.1, -0.05) is 34.1 Å². The first kappa shape index (κ1) is 11.2. The Morgan fingerprint density at radius 1 is 1.25 bits per heavy atom. The summed E-state index contributed by atoms with van der Waals surface area (Å²) in [5, 5.41) is 3.24. The molecule has 1 aromatic heterocycles. The maximum Gasteiger partial charge on any atom is 0.0801 e. The molecule has 0 aliphatic carbocycles. The average molecular weight is 278 g/mol. The summed E-state index contributed by atoms with van der Waals surface area (Å²) in [6.07, 6.45) is 5.16. The minimum absolute atomic E-state index is 0.0595. The van der Waals surface area contributed by atoms with E-state index in [9.17, 15) is 0 Å². The summed E-state index contributed by atoms with van der Waals surface area (Å²) >= 11 is 3.55. The molecule has 16 heavy (non-hydrogen) atoms. The zero-order chi connectivity index (χ0) is 11.4. The van der Waals surface area contributed by atoms with Gasteiger partial charge in [0.25, 0.3) is 0 Å². The number of hydrogen-bond donors (Lipinski definition) is 1. The molecule has 2 rings (SSSR count). The standard InChI is InChI=1S/C12H12BrN3/c1-14-12(11-8-15-6-7-16-11)9-4-2-3-5-10(9)13/h2-8,12,14H,1H3. The summed E-state index contributed by atoms with van der Waals surface area (Å²) in [7, 11) is 1.92. The summed E-state index contributed by atoms with van der Waals surface area (Å²) in [4.78, 5) is 8.41. The van der Waals surface area contributed by atoms with Crippen molar-refractivity contribution in [1.82, 2.24) is 15.3 Å². The lowest BCUT2D eigenvalue weighted by molar-refractivity contribution is 0.664. The van der Waals surface area contributed by atoms with Crippen LogP contribution in [0.25, 0.3) is 0 Å². The van der Waals surface area contributed by atoms with Gasteiger partial charge in [0, 0.05) is 16.9 Å². The SMILES string of the molecule is CNC(c1cnccn1)c1ccccc1Br. The van der Waals surface area contributed by atoms with Gasteiger partial charge in [0.15, 0.2) is 0 Å². The van der Waals surface area contributed by atoms with Crippen molar-refractivity contribution in [3.63, 3.8) is 0 Å². The predicted octanol–water partition coefficient (Wildman–Crippen LogP) is 2.55. The summed E-state index contributed by atoms with van der Waals surface area (Å²) in [6.45, 7) is 0. The van der Waals surface area contributed by atoms with Crippen molar-refractivity contribution in [2.45, 2.75) is 6.04 Å². The highest BCUT2D eigenvalue weighted by atomic mass is 79.9. The molecule has 1 heterocycles. The van der Waals surface area contributed by atoms with E-state index in [1.165, 1.54) is 0 Å². The molecule has 0 saturated carbocycles. The van der Waals surface area contributed by atoms with E-state index in [-0.39, 0.29) is 6.04 Å². The second-order valence-corrected chi connectivity index (χ2v) is 4.23. The van der Waals surface area contributed by atoms with Gasteiger partial charge in [0.05, 0.1) is 17.9 Å². The first-order valence-corrected chi connectivity index (χ1v) is 5.80. The smallest absolute Gasteiger partial charge is 0.0801 e. The zero-order valence-electron chi connectivity index (χ0n) is 8.89. The Balaban J connectivity index is 2.41. The van der Waals surface area contributed by atoms with Crippen molar-refractivity contribution in [2.75, 3.05) is 7.05 Å². The molecule has 0 saturated heterocycles. The van der Waals surface area contributed by atoms with Crippen LogP contribution in [0.1, 0.15) is 17.3 Å². The van der Waals surface area contributed by atoms with Crippen LogP contribution < -0.4 is 5.32 Å². The molecule has 0 fully saturated rings. The fraction of sp³-hybridized carbons (Fsp3) is 0.167. The number of benzene rings is 1. The Kier molecular flexibility index (Phi) is 3.64. The maximum atomic E-state index is 4.32. The van der Waals surface area contributed by atoms with Crippen LogP contribution in [-0.2, 0) is 0 Å². The van der Waals surface area contributed by atoms with Crippen LogP contribution in [-0.4, -0.2) is 17.0 Å². The molecule has 3 nitrogen and oxygen atoms in total. The normalized spacial score (nSPS) is 12.4. The molecule has 1 N–H and O–H groups in total. The van der Waals surface area contributed by atoms with E-state index >= 15 is 0 Å². The fourth-order valence-electron chi connectivity index (χ4n) is 1.63. The molecule has 1 unspecified atom stereocenters. The maximum absolute atomic E-state index is 4.32. The number of rotatable bonds is 3. The van der Waals surface area contributed by atoms with Crippen molar-refractivity contribution in [3.05, 3.63) is 58.6 Å². The van der Waals surface area contributed by atoms with Gasteiger partial charge in [-0.25, -0.2) is 0 Å². The van der Waals surface area contributed by atoms with Gasteiger partial charge in [0.1, 0.15) is 0 Å². The molecule has 4 heteroatoms. The van der Waals surface area contributed by atoms with Crippen LogP contribution >= 0.6 is 15.9 Å². The molecule has 1 atom stereocenters. The van der Waals surface area contributed by atoms with E-state index in [4.69, 9.17) is 0 Å². The molecule has 0 radical (unpaired) electrons. The van der Waals surface area contributed by atoms with E-state index in [2.05, 4.69) is 37.3 Å². The zero-order valence-corrected chi connectivity index (χ0v) is 10.5. The van der Waals surface area contributed by atoms with Crippen molar-refractivity contribution in [2.24, 2.45) is 0 Å². The van der Waals surface area contributed by atoms with Crippen LogP contribution in [0.3, 0.4) is 0 Å². The van der Waals surface area contributed by atoms with Gasteiger partial charge in [-0.2, -0.15) is 0 Å². The van der Waals surface area contributed by atoms with Crippen LogP contribution in [0.2, 0.25) is 0 Å². The molecule has 0 bridgehead atoms. The number of hydrogen-bond acceptors (Lipinski definition) is 3. The Morgan fingerprint density at radius 3 is 2.69 bits per heavy atom. The Bertz CT molecular complexity index is 459. The Hall–Kier alpha value is -1.26. The summed E-state index contributed by atoms with van der Waals surface area (Å²) < 4.78 is 1.07. The van der Waals surface area contributed by atoms with E-state index in [0.29, 0.717) is 0 Å². The highest BCUT2D eigenvalue weighted by molar-refractivity contribution is 9.10. The number of nitrogens with zero attached hydrogens (tertiary/aromatic N) is 2. The second-order valence-electron chi connectivity index (χ2n) is 3.37. The quantitative estimate of drug-likeness (QED) is 0.937. The number of halogens is 1. The molecule has 2 aromatic rings. The van der Waals surface area contributed by atoms with E-state index in [1.54, 1.807) is 18.6 Å². The van der Waals surface area contributed by atoms with Gasteiger partial charge in [-0.15, -0.1) is 0 Å². The molecular formula is C12H12BrN3. The third-order valence-corrected chi connectivity index (χ3v) is 3.11. The largest absolute Gasteiger partial charge is 0.308 e. The van der Waals surface area contributed by atoms with Gasteiger partial charge in [-0.05, 0) is 18.7 Å². The third-order valence-electron chi connectivity index (χ3n) is 2.38. The van der Waals surface area contributed by atoms with Gasteiger partial charge in [-0.3, -0.25) is 9.97 Å². The van der Waals surface area contributed by atoms with Crippen LogP contribution in [0.15, 0.2) is 47.3 Å². The third kappa shape index (κ3) is 2.28. The predicted molar refractivity (Wildman–Crippen MR) is 67.1 cm³/mol. The summed E-state index contributed by atoms with van der Waals surface area (Å²) in [5.74, 6) is 0. The molecule has 0 amide bonds. The lowest BCUT2D eigenvalue weighted by Crippen LogP contribution is -2.19. The van der Waals surface area contributed by atoms with Crippen LogP contribution in [0.5, 0.6) is 0 Å². The lowest BCUT2D eigenvalue weighted by Gasteiger charge is -2.16. The first-order chi connectivity index (χ1) is 7.83.